The summed E-state index contributed by atoms with van der Waals surface area (Å²) in [6.45, 7) is 11.8. The normalized spacial score (nSPS) is 18.0. The second-order valence-electron chi connectivity index (χ2n) is 5.74. The zero-order chi connectivity index (χ0) is 13.9. The second-order valence-corrected chi connectivity index (χ2v) is 5.74. The zero-order valence-corrected chi connectivity index (χ0v) is 15.0. The van der Waals surface area contributed by atoms with Crippen LogP contribution in [0.5, 0.6) is 0 Å². The van der Waals surface area contributed by atoms with Crippen molar-refractivity contribution in [3.8, 4) is 0 Å². The molecule has 20 heavy (non-hydrogen) atoms. The molecule has 0 aliphatic carbocycles. The summed E-state index contributed by atoms with van der Waals surface area (Å²) in [4.78, 5) is 11.0. The minimum atomic E-state index is 0. The Balaban J connectivity index is 0.00000200. The van der Waals surface area contributed by atoms with Crippen molar-refractivity contribution in [3.05, 3.63) is 11.7 Å². The lowest BCUT2D eigenvalue weighted by atomic mass is 9.93. The van der Waals surface area contributed by atoms with Crippen LogP contribution in [0.3, 0.4) is 0 Å². The van der Waals surface area contributed by atoms with E-state index >= 15 is 0 Å². The molecule has 1 fully saturated rings. The molecule has 0 amide bonds. The summed E-state index contributed by atoms with van der Waals surface area (Å²) in [6, 6.07) is 0. The molecule has 0 spiro atoms. The van der Waals surface area contributed by atoms with Crippen molar-refractivity contribution >= 4 is 29.9 Å². The van der Waals surface area contributed by atoms with Gasteiger partial charge in [0.05, 0.1) is 0 Å². The van der Waals surface area contributed by atoms with Gasteiger partial charge in [-0.1, -0.05) is 19.0 Å². The molecule has 1 aromatic heterocycles. The van der Waals surface area contributed by atoms with Crippen molar-refractivity contribution in [2.45, 2.75) is 40.7 Å². The first-order chi connectivity index (χ1) is 9.00. The third-order valence-electron chi connectivity index (χ3n) is 3.25. The summed E-state index contributed by atoms with van der Waals surface area (Å²) in [6.07, 6.45) is 1.19. The van der Waals surface area contributed by atoms with Crippen LogP contribution in [0.1, 0.15) is 38.9 Å². The van der Waals surface area contributed by atoms with Gasteiger partial charge in [0.15, 0.2) is 11.8 Å². The molecule has 2 rings (SSSR count). The number of rotatable bonds is 3. The smallest absolute Gasteiger partial charge is 0.248 e. The molecule has 0 saturated carbocycles. The molecule has 1 aliphatic heterocycles. The molecule has 0 bridgehead atoms. The number of nitrogens with zero attached hydrogens (tertiary/aromatic N) is 4. The fraction of sp³-hybridized carbons (Fsp3) is 0.769. The van der Waals surface area contributed by atoms with E-state index in [0.717, 1.165) is 25.6 Å². The minimum Gasteiger partial charge on any atom is -0.357 e. The Morgan fingerprint density at radius 3 is 2.75 bits per heavy atom. The highest BCUT2D eigenvalue weighted by Gasteiger charge is 2.30. The fourth-order valence-corrected chi connectivity index (χ4v) is 2.27. The molecule has 0 aromatic carbocycles. The summed E-state index contributed by atoms with van der Waals surface area (Å²) in [5, 5.41) is 7.10. The predicted molar refractivity (Wildman–Crippen MR) is 89.2 cm³/mol. The summed E-state index contributed by atoms with van der Waals surface area (Å²) in [5.41, 5.74) is 0.358. The maximum atomic E-state index is 5.08. The molecule has 7 heteroatoms. The lowest BCUT2D eigenvalue weighted by Crippen LogP contribution is -2.40. The van der Waals surface area contributed by atoms with E-state index in [9.17, 15) is 0 Å². The Bertz CT molecular complexity index is 457. The van der Waals surface area contributed by atoms with Crippen molar-refractivity contribution in [1.82, 2.24) is 20.4 Å². The van der Waals surface area contributed by atoms with Gasteiger partial charge in [-0.05, 0) is 25.7 Å². The van der Waals surface area contributed by atoms with Gasteiger partial charge in [0.2, 0.25) is 5.89 Å². The molecule has 2 heterocycles. The number of hydrogen-bond acceptors (Lipinski definition) is 4. The van der Waals surface area contributed by atoms with Crippen molar-refractivity contribution in [3.63, 3.8) is 0 Å². The van der Waals surface area contributed by atoms with E-state index in [1.165, 1.54) is 6.42 Å². The average molecular weight is 393 g/mol. The van der Waals surface area contributed by atoms with Crippen LogP contribution in [0.25, 0.3) is 0 Å². The van der Waals surface area contributed by atoms with E-state index in [1.807, 2.05) is 6.92 Å². The lowest BCUT2D eigenvalue weighted by molar-refractivity contribution is 0.365. The molecule has 114 valence electrons. The Kier molecular flexibility index (Phi) is 6.22. The number of aryl methyl sites for hydroxylation is 1. The number of aliphatic imine (C=N–C) groups is 1. The topological polar surface area (TPSA) is 66.5 Å². The Morgan fingerprint density at radius 1 is 1.50 bits per heavy atom. The summed E-state index contributed by atoms with van der Waals surface area (Å²) < 4.78 is 5.08. The third-order valence-corrected chi connectivity index (χ3v) is 3.25. The Hall–Kier alpha value is -0.860. The Morgan fingerprint density at radius 2 is 2.25 bits per heavy atom. The first kappa shape index (κ1) is 17.2. The van der Waals surface area contributed by atoms with Gasteiger partial charge in [-0.15, -0.1) is 24.0 Å². The van der Waals surface area contributed by atoms with Crippen LogP contribution in [0.4, 0.5) is 0 Å². The lowest BCUT2D eigenvalue weighted by Gasteiger charge is -2.23. The van der Waals surface area contributed by atoms with E-state index in [-0.39, 0.29) is 24.0 Å². The van der Waals surface area contributed by atoms with E-state index < -0.39 is 0 Å². The number of nitrogens with one attached hydrogen (secondary N) is 1. The highest BCUT2D eigenvalue weighted by molar-refractivity contribution is 14.0. The van der Waals surface area contributed by atoms with Gasteiger partial charge in [0.25, 0.3) is 0 Å². The van der Waals surface area contributed by atoms with Gasteiger partial charge in [0, 0.05) is 19.6 Å². The van der Waals surface area contributed by atoms with Gasteiger partial charge in [-0.25, -0.2) is 4.99 Å². The second kappa shape index (κ2) is 7.24. The van der Waals surface area contributed by atoms with Crippen molar-refractivity contribution in [2.24, 2.45) is 10.4 Å². The van der Waals surface area contributed by atoms with Crippen LogP contribution < -0.4 is 5.32 Å². The zero-order valence-electron chi connectivity index (χ0n) is 12.6. The molecule has 6 nitrogen and oxygen atoms in total. The summed E-state index contributed by atoms with van der Waals surface area (Å²) in [7, 11) is 0. The number of hydrogen-bond donors (Lipinski definition) is 1. The fourth-order valence-electron chi connectivity index (χ4n) is 2.27. The summed E-state index contributed by atoms with van der Waals surface area (Å²) >= 11 is 0. The monoisotopic (exact) mass is 393 g/mol. The molecule has 0 atom stereocenters. The number of halogens is 1. The van der Waals surface area contributed by atoms with Crippen molar-refractivity contribution in [2.75, 3.05) is 19.6 Å². The van der Waals surface area contributed by atoms with Crippen LogP contribution in [0.15, 0.2) is 9.52 Å². The highest BCUT2D eigenvalue weighted by atomic mass is 127. The standard InChI is InChI=1S/C13H23N5O.HI/c1-5-14-12(18-7-6-13(3,4)9-18)15-8-11-16-10(2)17-19-11;/h5-9H2,1-4H3,(H,14,15);1H. The van der Waals surface area contributed by atoms with Crippen LogP contribution in [-0.2, 0) is 6.54 Å². The first-order valence-electron chi connectivity index (χ1n) is 6.82. The van der Waals surface area contributed by atoms with Gasteiger partial charge in [-0.3, -0.25) is 0 Å². The van der Waals surface area contributed by atoms with Crippen LogP contribution in [-0.4, -0.2) is 40.6 Å². The molecule has 0 radical (unpaired) electrons. The van der Waals surface area contributed by atoms with Crippen molar-refractivity contribution < 1.29 is 4.52 Å². The SMILES string of the molecule is CCNC(=NCc1nc(C)no1)N1CCC(C)(C)C1.I. The first-order valence-corrected chi connectivity index (χ1v) is 6.82. The molecule has 1 aromatic rings. The molecular formula is C13H24IN5O. The predicted octanol–water partition coefficient (Wildman–Crippen LogP) is 2.19. The maximum Gasteiger partial charge on any atom is 0.248 e. The number of guanidine groups is 1. The number of aromatic nitrogens is 2. The quantitative estimate of drug-likeness (QED) is 0.485. The van der Waals surface area contributed by atoms with E-state index in [0.29, 0.717) is 23.7 Å². The van der Waals surface area contributed by atoms with Crippen LogP contribution in [0, 0.1) is 12.3 Å². The van der Waals surface area contributed by atoms with Crippen LogP contribution in [0.2, 0.25) is 0 Å². The molecule has 1 N–H and O–H groups in total. The minimum absolute atomic E-state index is 0. The van der Waals surface area contributed by atoms with Gasteiger partial charge < -0.3 is 14.7 Å². The van der Waals surface area contributed by atoms with E-state index in [4.69, 9.17) is 4.52 Å². The van der Waals surface area contributed by atoms with Gasteiger partial charge in [0.1, 0.15) is 6.54 Å². The molecular weight excluding hydrogens is 369 g/mol. The molecule has 0 unspecified atom stereocenters. The van der Waals surface area contributed by atoms with Gasteiger partial charge >= 0.3 is 0 Å². The van der Waals surface area contributed by atoms with E-state index in [2.05, 4.69) is 46.1 Å². The third kappa shape index (κ3) is 4.60. The highest BCUT2D eigenvalue weighted by Crippen LogP contribution is 2.28. The Labute approximate surface area is 137 Å². The summed E-state index contributed by atoms with van der Waals surface area (Å²) in [5.74, 6) is 2.15. The maximum absolute atomic E-state index is 5.08. The molecule has 1 saturated heterocycles. The van der Waals surface area contributed by atoms with Crippen molar-refractivity contribution in [1.29, 1.82) is 0 Å². The van der Waals surface area contributed by atoms with Crippen LogP contribution >= 0.6 is 24.0 Å². The number of likely N-dealkylation sites (tertiary alicyclic amines) is 1. The molecule has 1 aliphatic rings. The van der Waals surface area contributed by atoms with Gasteiger partial charge in [-0.2, -0.15) is 4.98 Å². The largest absolute Gasteiger partial charge is 0.357 e. The van der Waals surface area contributed by atoms with E-state index in [1.54, 1.807) is 0 Å². The average Bonchev–Trinajstić information content (AvgIpc) is 2.91.